The largest absolute Gasteiger partial charge is 0.495 e. The molecular weight excluding hydrogens is 294 g/mol. The third-order valence-corrected chi connectivity index (χ3v) is 4.75. The van der Waals surface area contributed by atoms with Gasteiger partial charge in [0, 0.05) is 6.42 Å². The molecule has 0 unspecified atom stereocenters. The molecule has 1 saturated carbocycles. The van der Waals surface area contributed by atoms with E-state index in [1.54, 1.807) is 19.2 Å². The number of carbonyl (C=O) groups excluding carboxylic acids is 2. The van der Waals surface area contributed by atoms with Crippen molar-refractivity contribution in [2.45, 2.75) is 50.2 Å². The number of amides is 2. The number of fused-ring (bicyclic) bond motifs is 1. The van der Waals surface area contributed by atoms with Crippen LogP contribution in [0.5, 0.6) is 5.75 Å². The van der Waals surface area contributed by atoms with E-state index >= 15 is 0 Å². The molecule has 1 heterocycles. The van der Waals surface area contributed by atoms with E-state index in [1.165, 1.54) is 12.8 Å². The van der Waals surface area contributed by atoms with Crippen LogP contribution in [-0.2, 0) is 9.59 Å². The highest BCUT2D eigenvalue weighted by Gasteiger charge is 2.40. The van der Waals surface area contributed by atoms with Gasteiger partial charge in [0.15, 0.2) is 6.04 Å². The first-order valence-corrected chi connectivity index (χ1v) is 8.25. The highest BCUT2D eigenvalue weighted by molar-refractivity contribution is 5.96. The maximum absolute atomic E-state index is 12.3. The zero-order valence-electron chi connectivity index (χ0n) is 13.4. The number of nitrogens with two attached hydrogens (primary N) is 1. The summed E-state index contributed by atoms with van der Waals surface area (Å²) in [6.07, 6.45) is 4.71. The Kier molecular flexibility index (Phi) is 4.81. The molecule has 1 aromatic rings. The van der Waals surface area contributed by atoms with Crippen molar-refractivity contribution >= 4 is 17.5 Å². The van der Waals surface area contributed by atoms with Gasteiger partial charge in [0.1, 0.15) is 11.8 Å². The van der Waals surface area contributed by atoms with Crippen molar-refractivity contribution in [2.75, 3.05) is 12.4 Å². The van der Waals surface area contributed by atoms with Crippen LogP contribution >= 0.6 is 0 Å². The van der Waals surface area contributed by atoms with Gasteiger partial charge in [0.2, 0.25) is 5.91 Å². The van der Waals surface area contributed by atoms with E-state index in [0.717, 1.165) is 12.8 Å². The highest BCUT2D eigenvalue weighted by atomic mass is 16.5. The van der Waals surface area contributed by atoms with Crippen LogP contribution in [0.3, 0.4) is 0 Å². The first-order valence-electron chi connectivity index (χ1n) is 8.25. The SMILES string of the molecule is COc1ccccc1NC(=O)C[C@H]1[NH2+][C@H]2CCCC[C@@H]2NC1=O. The summed E-state index contributed by atoms with van der Waals surface area (Å²) in [5.74, 6) is 0.425. The Morgan fingerprint density at radius 1 is 1.35 bits per heavy atom. The number of ether oxygens (including phenoxy) is 1. The second-order valence-corrected chi connectivity index (χ2v) is 6.31. The standard InChI is InChI=1S/C17H23N3O3/c1-23-15-9-5-4-8-13(15)19-16(21)10-14-17(22)20-12-7-3-2-6-11(12)18-14/h4-5,8-9,11-12,14,18H,2-3,6-7,10H2,1H3,(H,19,21)(H,20,22)/p+1/t11-,12-,14+/m0/s1. The predicted molar refractivity (Wildman–Crippen MR) is 86.1 cm³/mol. The molecule has 6 nitrogen and oxygen atoms in total. The van der Waals surface area contributed by atoms with Crippen molar-refractivity contribution < 1.29 is 19.6 Å². The number of anilines is 1. The second-order valence-electron chi connectivity index (χ2n) is 6.31. The van der Waals surface area contributed by atoms with E-state index in [9.17, 15) is 9.59 Å². The molecule has 2 fully saturated rings. The normalized spacial score (nSPS) is 26.8. The van der Waals surface area contributed by atoms with Crippen LogP contribution in [0.2, 0.25) is 0 Å². The molecule has 0 aromatic heterocycles. The van der Waals surface area contributed by atoms with Gasteiger partial charge in [-0.3, -0.25) is 9.59 Å². The molecule has 23 heavy (non-hydrogen) atoms. The number of nitrogens with one attached hydrogen (secondary N) is 2. The molecule has 3 atom stereocenters. The minimum atomic E-state index is -0.343. The molecule has 0 bridgehead atoms. The molecular formula is C17H24N3O3+. The van der Waals surface area contributed by atoms with Crippen molar-refractivity contribution in [3.05, 3.63) is 24.3 Å². The zero-order valence-corrected chi connectivity index (χ0v) is 13.4. The smallest absolute Gasteiger partial charge is 0.279 e. The van der Waals surface area contributed by atoms with Gasteiger partial charge in [-0.1, -0.05) is 18.6 Å². The van der Waals surface area contributed by atoms with Gasteiger partial charge in [-0.15, -0.1) is 0 Å². The number of para-hydroxylation sites is 2. The third kappa shape index (κ3) is 3.64. The molecule has 4 N–H and O–H groups in total. The summed E-state index contributed by atoms with van der Waals surface area (Å²) < 4.78 is 5.23. The Morgan fingerprint density at radius 2 is 2.13 bits per heavy atom. The molecule has 0 spiro atoms. The van der Waals surface area contributed by atoms with E-state index in [1.807, 2.05) is 12.1 Å². The summed E-state index contributed by atoms with van der Waals surface area (Å²) in [7, 11) is 1.57. The first kappa shape index (κ1) is 15.8. The minimum Gasteiger partial charge on any atom is -0.495 e. The Morgan fingerprint density at radius 3 is 2.96 bits per heavy atom. The maximum Gasteiger partial charge on any atom is 0.279 e. The molecule has 1 aromatic carbocycles. The van der Waals surface area contributed by atoms with Crippen molar-refractivity contribution in [3.63, 3.8) is 0 Å². The van der Waals surface area contributed by atoms with Crippen LogP contribution in [0.4, 0.5) is 5.69 Å². The van der Waals surface area contributed by atoms with Gasteiger partial charge in [0.25, 0.3) is 5.91 Å². The topological polar surface area (TPSA) is 84.0 Å². The van der Waals surface area contributed by atoms with Crippen LogP contribution in [0.25, 0.3) is 0 Å². The lowest BCUT2D eigenvalue weighted by atomic mass is 9.87. The van der Waals surface area contributed by atoms with Crippen LogP contribution in [0, 0.1) is 0 Å². The number of carbonyl (C=O) groups is 2. The molecule has 124 valence electrons. The van der Waals surface area contributed by atoms with Gasteiger partial charge in [-0.05, 0) is 25.0 Å². The average molecular weight is 318 g/mol. The lowest BCUT2D eigenvalue weighted by Crippen LogP contribution is -3.03. The van der Waals surface area contributed by atoms with Crippen molar-refractivity contribution in [2.24, 2.45) is 0 Å². The monoisotopic (exact) mass is 318 g/mol. The van der Waals surface area contributed by atoms with E-state index < -0.39 is 0 Å². The summed E-state index contributed by atoms with van der Waals surface area (Å²) in [5, 5.41) is 8.01. The molecule has 3 rings (SSSR count). The summed E-state index contributed by atoms with van der Waals surface area (Å²) in [6, 6.07) is 7.60. The number of hydrogen-bond donors (Lipinski definition) is 3. The molecule has 1 aliphatic carbocycles. The van der Waals surface area contributed by atoms with Crippen molar-refractivity contribution in [3.8, 4) is 5.75 Å². The molecule has 2 aliphatic rings. The quantitative estimate of drug-likeness (QED) is 0.751. The summed E-state index contributed by atoms with van der Waals surface area (Å²) >= 11 is 0. The maximum atomic E-state index is 12.3. The van der Waals surface area contributed by atoms with Gasteiger partial charge in [0.05, 0.1) is 25.3 Å². The fraction of sp³-hybridized carbons (Fsp3) is 0.529. The zero-order chi connectivity index (χ0) is 16.2. The third-order valence-electron chi connectivity index (χ3n) is 4.75. The predicted octanol–water partition coefficient (Wildman–Crippen LogP) is 0.397. The number of quaternary nitrogens is 1. The number of rotatable bonds is 4. The van der Waals surface area contributed by atoms with Gasteiger partial charge in [-0.2, -0.15) is 0 Å². The molecule has 1 saturated heterocycles. The fourth-order valence-electron chi connectivity index (χ4n) is 3.55. The number of benzene rings is 1. The van der Waals surface area contributed by atoms with Gasteiger partial charge >= 0.3 is 0 Å². The average Bonchev–Trinajstić information content (AvgIpc) is 2.56. The second kappa shape index (κ2) is 7.00. The van der Waals surface area contributed by atoms with E-state index in [-0.39, 0.29) is 30.3 Å². The van der Waals surface area contributed by atoms with Crippen LogP contribution in [0.1, 0.15) is 32.1 Å². The van der Waals surface area contributed by atoms with Crippen LogP contribution in [0.15, 0.2) is 24.3 Å². The Hall–Kier alpha value is -2.08. The number of piperazine rings is 1. The minimum absolute atomic E-state index is 0.0247. The molecule has 1 aliphatic heterocycles. The highest BCUT2D eigenvalue weighted by Crippen LogP contribution is 2.23. The van der Waals surface area contributed by atoms with Crippen LogP contribution in [-0.4, -0.2) is 37.0 Å². The summed E-state index contributed by atoms with van der Waals surface area (Å²) in [4.78, 5) is 24.5. The lowest BCUT2D eigenvalue weighted by Gasteiger charge is -2.37. The summed E-state index contributed by atoms with van der Waals surface area (Å²) in [6.45, 7) is 0. The van der Waals surface area contributed by atoms with Gasteiger partial charge < -0.3 is 20.7 Å². The Labute approximate surface area is 136 Å². The fourth-order valence-corrected chi connectivity index (χ4v) is 3.55. The van der Waals surface area contributed by atoms with E-state index in [4.69, 9.17) is 4.74 Å². The molecule has 2 amide bonds. The van der Waals surface area contributed by atoms with Crippen molar-refractivity contribution in [1.82, 2.24) is 5.32 Å². The van der Waals surface area contributed by atoms with Gasteiger partial charge in [-0.25, -0.2) is 0 Å². The number of methoxy groups -OCH3 is 1. The Bertz CT molecular complexity index is 590. The summed E-state index contributed by atoms with van der Waals surface area (Å²) in [5.41, 5.74) is 0.631. The van der Waals surface area contributed by atoms with E-state index in [2.05, 4.69) is 16.0 Å². The van der Waals surface area contributed by atoms with Crippen molar-refractivity contribution in [1.29, 1.82) is 0 Å². The first-order chi connectivity index (χ1) is 11.2. The van der Waals surface area contributed by atoms with E-state index in [0.29, 0.717) is 17.5 Å². The number of hydrogen-bond acceptors (Lipinski definition) is 3. The Balaban J connectivity index is 1.60. The lowest BCUT2D eigenvalue weighted by molar-refractivity contribution is -0.718. The molecule has 6 heteroatoms. The van der Waals surface area contributed by atoms with Crippen LogP contribution < -0.4 is 20.7 Å². The molecule has 0 radical (unpaired) electrons.